The molecule has 0 aliphatic heterocycles. The fourth-order valence-electron chi connectivity index (χ4n) is 2.86. The lowest BCUT2D eigenvalue weighted by atomic mass is 9.84. The van der Waals surface area contributed by atoms with Crippen molar-refractivity contribution in [2.45, 2.75) is 38.1 Å². The maximum atomic E-state index is 12.5. The van der Waals surface area contributed by atoms with Crippen LogP contribution in [0, 0.1) is 17.2 Å². The van der Waals surface area contributed by atoms with Gasteiger partial charge in [-0.2, -0.15) is 5.26 Å². The van der Waals surface area contributed by atoms with Crippen LogP contribution in [0.4, 0.5) is 0 Å². The van der Waals surface area contributed by atoms with Crippen LogP contribution in [0.3, 0.4) is 0 Å². The van der Waals surface area contributed by atoms with Gasteiger partial charge in [0.15, 0.2) is 0 Å². The van der Waals surface area contributed by atoms with Crippen LogP contribution in [0.1, 0.15) is 42.5 Å². The minimum Gasteiger partial charge on any atom is -0.339 e. The molecule has 0 unspecified atom stereocenters. The van der Waals surface area contributed by atoms with Crippen molar-refractivity contribution in [3.63, 3.8) is 0 Å². The SMILES string of the molecule is CN(C(=O)c1cccc(Br)c1)C1CCC(CC#N)CC1. The fraction of sp³-hybridized carbons (Fsp3) is 0.500. The molecule has 4 heteroatoms. The second-order valence-corrected chi connectivity index (χ2v) is 6.38. The first-order valence-corrected chi connectivity index (χ1v) is 7.80. The Balaban J connectivity index is 1.97. The minimum absolute atomic E-state index is 0.0787. The van der Waals surface area contributed by atoms with E-state index in [1.165, 1.54) is 0 Å². The van der Waals surface area contributed by atoms with Crippen LogP contribution >= 0.6 is 15.9 Å². The predicted octanol–water partition coefficient (Wildman–Crippen LogP) is 3.99. The number of nitrogens with zero attached hydrogens (tertiary/aromatic N) is 2. The Kier molecular flexibility index (Phi) is 5.19. The molecule has 1 aromatic carbocycles. The lowest BCUT2D eigenvalue weighted by Crippen LogP contribution is -2.39. The second-order valence-electron chi connectivity index (χ2n) is 5.46. The van der Waals surface area contributed by atoms with Crippen LogP contribution in [0.2, 0.25) is 0 Å². The maximum absolute atomic E-state index is 12.5. The van der Waals surface area contributed by atoms with Crippen LogP contribution < -0.4 is 0 Å². The molecule has 0 spiro atoms. The zero-order chi connectivity index (χ0) is 14.5. The van der Waals surface area contributed by atoms with E-state index in [9.17, 15) is 4.79 Å². The first-order chi connectivity index (χ1) is 9.61. The number of halogens is 1. The molecule has 0 radical (unpaired) electrons. The highest BCUT2D eigenvalue weighted by molar-refractivity contribution is 9.10. The van der Waals surface area contributed by atoms with Crippen molar-refractivity contribution in [1.29, 1.82) is 5.26 Å². The molecular weight excluding hydrogens is 316 g/mol. The van der Waals surface area contributed by atoms with Crippen LogP contribution in [0.5, 0.6) is 0 Å². The predicted molar refractivity (Wildman–Crippen MR) is 82.2 cm³/mol. The Bertz CT molecular complexity index is 515. The third kappa shape index (κ3) is 3.61. The van der Waals surface area contributed by atoms with E-state index in [0.29, 0.717) is 18.4 Å². The summed E-state index contributed by atoms with van der Waals surface area (Å²) in [7, 11) is 1.89. The normalized spacial score (nSPS) is 22.1. The van der Waals surface area contributed by atoms with Gasteiger partial charge in [0.1, 0.15) is 0 Å². The summed E-state index contributed by atoms with van der Waals surface area (Å²) in [6.07, 6.45) is 4.75. The first-order valence-electron chi connectivity index (χ1n) is 7.01. The van der Waals surface area contributed by atoms with E-state index in [0.717, 1.165) is 35.7 Å². The lowest BCUT2D eigenvalue weighted by Gasteiger charge is -2.34. The summed E-state index contributed by atoms with van der Waals surface area (Å²) in [6.45, 7) is 0. The summed E-state index contributed by atoms with van der Waals surface area (Å²) in [4.78, 5) is 14.3. The van der Waals surface area contributed by atoms with E-state index in [2.05, 4.69) is 22.0 Å². The van der Waals surface area contributed by atoms with Crippen LogP contribution in [-0.4, -0.2) is 23.9 Å². The number of carbonyl (C=O) groups is 1. The molecule has 1 fully saturated rings. The van der Waals surface area contributed by atoms with Gasteiger partial charge < -0.3 is 4.90 Å². The van der Waals surface area contributed by atoms with Gasteiger partial charge in [-0.1, -0.05) is 22.0 Å². The van der Waals surface area contributed by atoms with E-state index in [1.54, 1.807) is 0 Å². The molecule has 2 rings (SSSR count). The monoisotopic (exact) mass is 334 g/mol. The molecule has 1 saturated carbocycles. The minimum atomic E-state index is 0.0787. The third-order valence-electron chi connectivity index (χ3n) is 4.14. The summed E-state index contributed by atoms with van der Waals surface area (Å²) >= 11 is 3.40. The zero-order valence-corrected chi connectivity index (χ0v) is 13.3. The summed E-state index contributed by atoms with van der Waals surface area (Å²) in [5, 5.41) is 8.74. The average molecular weight is 335 g/mol. The van der Waals surface area contributed by atoms with Gasteiger partial charge in [0.25, 0.3) is 5.91 Å². The number of hydrogen-bond acceptors (Lipinski definition) is 2. The molecule has 3 nitrogen and oxygen atoms in total. The van der Waals surface area contributed by atoms with Crippen molar-refractivity contribution >= 4 is 21.8 Å². The number of amides is 1. The Morgan fingerprint density at radius 2 is 2.10 bits per heavy atom. The highest BCUT2D eigenvalue weighted by Gasteiger charge is 2.26. The topological polar surface area (TPSA) is 44.1 Å². The third-order valence-corrected chi connectivity index (χ3v) is 4.63. The quantitative estimate of drug-likeness (QED) is 0.838. The van der Waals surface area contributed by atoms with Crippen molar-refractivity contribution in [2.24, 2.45) is 5.92 Å². The number of rotatable bonds is 3. The molecule has 0 bridgehead atoms. The van der Waals surface area contributed by atoms with Crippen molar-refractivity contribution in [1.82, 2.24) is 4.90 Å². The molecule has 0 atom stereocenters. The Hall–Kier alpha value is -1.34. The number of carbonyl (C=O) groups excluding carboxylic acids is 1. The molecule has 106 valence electrons. The number of nitriles is 1. The van der Waals surface area contributed by atoms with Gasteiger partial charge in [-0.05, 0) is 49.8 Å². The van der Waals surface area contributed by atoms with Crippen molar-refractivity contribution < 1.29 is 4.79 Å². The maximum Gasteiger partial charge on any atom is 0.253 e. The van der Waals surface area contributed by atoms with Gasteiger partial charge in [-0.15, -0.1) is 0 Å². The summed E-state index contributed by atoms with van der Waals surface area (Å²) in [6, 6.07) is 10.1. The van der Waals surface area contributed by atoms with Gasteiger partial charge in [0, 0.05) is 29.5 Å². The smallest absolute Gasteiger partial charge is 0.253 e. The van der Waals surface area contributed by atoms with Crippen molar-refractivity contribution in [3.8, 4) is 6.07 Å². The highest BCUT2D eigenvalue weighted by Crippen LogP contribution is 2.29. The molecule has 0 saturated heterocycles. The lowest BCUT2D eigenvalue weighted by molar-refractivity contribution is 0.0676. The summed E-state index contributed by atoms with van der Waals surface area (Å²) < 4.78 is 0.925. The number of benzene rings is 1. The molecule has 1 aliphatic rings. The van der Waals surface area contributed by atoms with Crippen LogP contribution in [0.25, 0.3) is 0 Å². The highest BCUT2D eigenvalue weighted by atomic mass is 79.9. The van der Waals surface area contributed by atoms with Crippen LogP contribution in [-0.2, 0) is 0 Å². The van der Waals surface area contributed by atoms with E-state index >= 15 is 0 Å². The molecule has 0 N–H and O–H groups in total. The zero-order valence-electron chi connectivity index (χ0n) is 11.7. The number of hydrogen-bond donors (Lipinski definition) is 0. The summed E-state index contributed by atoms with van der Waals surface area (Å²) in [5.41, 5.74) is 0.723. The van der Waals surface area contributed by atoms with Gasteiger partial charge in [-0.3, -0.25) is 4.79 Å². The molecule has 0 aromatic heterocycles. The Labute approximate surface area is 128 Å². The van der Waals surface area contributed by atoms with Crippen molar-refractivity contribution in [3.05, 3.63) is 34.3 Å². The van der Waals surface area contributed by atoms with Gasteiger partial charge in [0.2, 0.25) is 0 Å². The van der Waals surface area contributed by atoms with E-state index in [1.807, 2.05) is 36.2 Å². The summed E-state index contributed by atoms with van der Waals surface area (Å²) in [5.74, 6) is 0.598. The molecule has 0 heterocycles. The largest absolute Gasteiger partial charge is 0.339 e. The average Bonchev–Trinajstić information content (AvgIpc) is 2.47. The van der Waals surface area contributed by atoms with Gasteiger partial charge >= 0.3 is 0 Å². The standard InChI is InChI=1S/C16H19BrN2O/c1-19(15-7-5-12(6-8-15)9-10-18)16(20)13-3-2-4-14(17)11-13/h2-4,11-12,15H,5-9H2,1H3. The molecule has 1 aromatic rings. The Morgan fingerprint density at radius 3 is 2.70 bits per heavy atom. The van der Waals surface area contributed by atoms with Gasteiger partial charge in [-0.25, -0.2) is 0 Å². The molecule has 1 amide bonds. The van der Waals surface area contributed by atoms with E-state index < -0.39 is 0 Å². The second kappa shape index (κ2) is 6.90. The van der Waals surface area contributed by atoms with Gasteiger partial charge in [0.05, 0.1) is 6.07 Å². The van der Waals surface area contributed by atoms with E-state index in [-0.39, 0.29) is 5.91 Å². The van der Waals surface area contributed by atoms with E-state index in [4.69, 9.17) is 5.26 Å². The first kappa shape index (κ1) is 15.1. The fourth-order valence-corrected chi connectivity index (χ4v) is 3.26. The molecule has 1 aliphatic carbocycles. The molecular formula is C16H19BrN2O. The molecule has 20 heavy (non-hydrogen) atoms. The Morgan fingerprint density at radius 1 is 1.40 bits per heavy atom. The van der Waals surface area contributed by atoms with Crippen molar-refractivity contribution in [2.75, 3.05) is 7.05 Å². The van der Waals surface area contributed by atoms with Crippen LogP contribution in [0.15, 0.2) is 28.7 Å².